The van der Waals surface area contributed by atoms with Crippen LogP contribution in [-0.4, -0.2) is 48.1 Å². The number of hydrogen-bond acceptors (Lipinski definition) is 4. The molecule has 2 N–H and O–H groups in total. The Labute approximate surface area is 190 Å². The van der Waals surface area contributed by atoms with Gasteiger partial charge >= 0.3 is 16.6 Å². The van der Waals surface area contributed by atoms with Crippen LogP contribution in [-0.2, 0) is 16.1 Å². The predicted molar refractivity (Wildman–Crippen MR) is 118 cm³/mol. The Morgan fingerprint density at radius 3 is 2.50 bits per heavy atom. The van der Waals surface area contributed by atoms with E-state index >= 15 is 0 Å². The van der Waals surface area contributed by atoms with Crippen molar-refractivity contribution in [2.75, 3.05) is 13.1 Å². The monoisotopic (exact) mass is 509 g/mol. The molecule has 1 aliphatic rings. The van der Waals surface area contributed by atoms with Crippen molar-refractivity contribution in [1.82, 2.24) is 9.62 Å². The van der Waals surface area contributed by atoms with Crippen LogP contribution in [0.2, 0.25) is 5.02 Å². The first-order valence-electron chi connectivity index (χ1n) is 9.25. The average Bonchev–Trinajstić information content (AvgIpc) is 3.10. The molecule has 0 fully saturated rings. The lowest BCUT2D eigenvalue weighted by atomic mass is 10.1. The largest absolute Gasteiger partial charge is 0.475 e. The molecule has 1 heterocycles. The third-order valence-electron chi connectivity index (χ3n) is 4.55. The molecule has 1 atom stereocenters. The van der Waals surface area contributed by atoms with Crippen molar-refractivity contribution in [3.8, 4) is 0 Å². The second-order valence-corrected chi connectivity index (χ2v) is 10.5. The van der Waals surface area contributed by atoms with E-state index in [1.165, 1.54) is 0 Å². The summed E-state index contributed by atoms with van der Waals surface area (Å²) in [6.07, 6.45) is -5.61. The fourth-order valence-electron chi connectivity index (χ4n) is 3.08. The number of thiol groups is 1. The first kappa shape index (κ1) is 24.5. The van der Waals surface area contributed by atoms with Gasteiger partial charge in [0, 0.05) is 34.3 Å². The third kappa shape index (κ3) is 6.01. The fourth-order valence-corrected chi connectivity index (χ4v) is 5.79. The van der Waals surface area contributed by atoms with Crippen molar-refractivity contribution in [1.29, 1.82) is 0 Å². The molecule has 2 aromatic rings. The molecule has 7 nitrogen and oxygen atoms in total. The van der Waals surface area contributed by atoms with Gasteiger partial charge in [-0.25, -0.2) is 4.99 Å². The van der Waals surface area contributed by atoms with Gasteiger partial charge in [-0.3, -0.25) is 9.35 Å². The lowest BCUT2D eigenvalue weighted by molar-refractivity contribution is -0.212. The highest BCUT2D eigenvalue weighted by Crippen LogP contribution is 2.49. The van der Waals surface area contributed by atoms with Gasteiger partial charge in [0.2, 0.25) is 0 Å². The van der Waals surface area contributed by atoms with Gasteiger partial charge in [-0.05, 0) is 36.2 Å². The number of alkyl halides is 3. The van der Waals surface area contributed by atoms with Gasteiger partial charge in [-0.2, -0.15) is 32.5 Å². The number of rotatable bonds is 8. The zero-order valence-corrected chi connectivity index (χ0v) is 18.8. The van der Waals surface area contributed by atoms with E-state index in [1.807, 2.05) is 18.2 Å². The maximum Gasteiger partial charge on any atom is 0.475 e. The summed E-state index contributed by atoms with van der Waals surface area (Å²) in [5, 5.41) is 3.10. The molecule has 0 saturated heterocycles. The number of aliphatic imine (C=N–C) groups is 1. The zero-order valence-electron chi connectivity index (χ0n) is 16.4. The Morgan fingerprint density at radius 1 is 1.19 bits per heavy atom. The number of benzene rings is 2. The van der Waals surface area contributed by atoms with E-state index in [2.05, 4.69) is 10.3 Å². The van der Waals surface area contributed by atoms with Crippen LogP contribution < -0.4 is 5.32 Å². The van der Waals surface area contributed by atoms with Gasteiger partial charge < -0.3 is 5.32 Å². The topological polar surface area (TPSA) is 99.1 Å². The summed E-state index contributed by atoms with van der Waals surface area (Å²) in [7, 11) is -6.23. The molecular formula is C19H19ClF3N3O4S2. The minimum Gasteiger partial charge on any atom is -0.352 e. The summed E-state index contributed by atoms with van der Waals surface area (Å²) < 4.78 is 67.6. The highest BCUT2D eigenvalue weighted by atomic mass is 35.5. The summed E-state index contributed by atoms with van der Waals surface area (Å²) in [5.74, 6) is 0.185. The highest BCUT2D eigenvalue weighted by molar-refractivity contribution is 8.28. The van der Waals surface area contributed by atoms with E-state index in [9.17, 15) is 26.4 Å². The molecule has 3 rings (SSSR count). The minimum atomic E-state index is -5.45. The molecule has 1 amide bonds. The first-order chi connectivity index (χ1) is 15.0. The lowest BCUT2D eigenvalue weighted by Gasteiger charge is -2.20. The second-order valence-electron chi connectivity index (χ2n) is 6.80. The van der Waals surface area contributed by atoms with Crippen LogP contribution in [0.4, 0.5) is 18.9 Å². The number of carbonyl (C=O) groups is 1. The fraction of sp³-hybridized carbons (Fsp3) is 0.263. The van der Waals surface area contributed by atoms with Crippen LogP contribution in [0.5, 0.6) is 0 Å². The van der Waals surface area contributed by atoms with E-state index in [-0.39, 0.29) is 18.5 Å². The minimum absolute atomic E-state index is 0.228. The van der Waals surface area contributed by atoms with Crippen molar-refractivity contribution >= 4 is 49.9 Å². The van der Waals surface area contributed by atoms with Gasteiger partial charge in [0.05, 0.1) is 11.3 Å². The number of para-hydroxylation sites is 1. The van der Waals surface area contributed by atoms with Crippen LogP contribution in [0, 0.1) is 0 Å². The molecule has 0 bridgehead atoms. The molecule has 1 unspecified atom stereocenters. The Morgan fingerprint density at radius 2 is 1.88 bits per heavy atom. The zero-order chi connectivity index (χ0) is 23.5. The normalized spacial score (nSPS) is 16.9. The molecule has 0 radical (unpaired) electrons. The molecule has 2 aromatic carbocycles. The number of amides is 1. The number of fused-ring (bicyclic) bond motifs is 1. The molecule has 13 heteroatoms. The van der Waals surface area contributed by atoms with Crippen molar-refractivity contribution in [2.24, 2.45) is 4.99 Å². The van der Waals surface area contributed by atoms with Gasteiger partial charge in [-0.1, -0.05) is 34.1 Å². The van der Waals surface area contributed by atoms with Crippen molar-refractivity contribution in [3.63, 3.8) is 0 Å². The summed E-state index contributed by atoms with van der Waals surface area (Å²) in [5.41, 5.74) is 3.67. The first-order valence-corrected chi connectivity index (χ1v) is 12.6. The maximum absolute atomic E-state index is 12.7. The second kappa shape index (κ2) is 9.79. The SMILES string of the molecule is O=C(NCCCN(C(F)(F)F)S(=O)(=O)O)c1cccc2c1N=C[SH]2Cc1ccc(Cl)cc1. The summed E-state index contributed by atoms with van der Waals surface area (Å²) in [4.78, 5) is 17.8. The van der Waals surface area contributed by atoms with E-state index in [4.69, 9.17) is 16.2 Å². The van der Waals surface area contributed by atoms with E-state index in [1.54, 1.807) is 29.8 Å². The average molecular weight is 510 g/mol. The number of nitrogens with zero attached hydrogens (tertiary/aromatic N) is 2. The number of nitrogens with one attached hydrogen (secondary N) is 1. The molecule has 0 aliphatic carbocycles. The van der Waals surface area contributed by atoms with Crippen LogP contribution >= 0.6 is 22.5 Å². The van der Waals surface area contributed by atoms with Crippen LogP contribution in [0.25, 0.3) is 0 Å². The Hall–Kier alpha value is -2.12. The molecule has 32 heavy (non-hydrogen) atoms. The molecule has 0 spiro atoms. The maximum atomic E-state index is 12.7. The van der Waals surface area contributed by atoms with Gasteiger partial charge in [0.25, 0.3) is 5.91 Å². The molecule has 1 aliphatic heterocycles. The van der Waals surface area contributed by atoms with Crippen LogP contribution in [0.3, 0.4) is 0 Å². The van der Waals surface area contributed by atoms with Crippen molar-refractivity contribution in [2.45, 2.75) is 23.4 Å². The molecular weight excluding hydrogens is 491 g/mol. The lowest BCUT2D eigenvalue weighted by Crippen LogP contribution is -2.43. The molecule has 0 aromatic heterocycles. The smallest absolute Gasteiger partial charge is 0.352 e. The Balaban J connectivity index is 1.62. The molecule has 0 saturated carbocycles. The number of halogens is 4. The van der Waals surface area contributed by atoms with Gasteiger partial charge in [-0.15, -0.1) is 0 Å². The van der Waals surface area contributed by atoms with E-state index in [0.29, 0.717) is 10.7 Å². The standard InChI is InChI=1S/C19H19ClF3N3O4S2/c20-14-7-5-13(6-8-14)11-31-12-25-17-15(3-1-4-16(17)31)18(27)24-9-2-10-26(19(21,22)23)32(28,29)30/h1,3-8,12,31H,2,9-11H2,(H,24,27)(H,28,29,30). The quantitative estimate of drug-likeness (QED) is 0.214. The Kier molecular flexibility index (Phi) is 7.50. The van der Waals surface area contributed by atoms with Gasteiger partial charge in [0.15, 0.2) is 0 Å². The number of hydrogen-bond donors (Lipinski definition) is 3. The molecule has 174 valence electrons. The summed E-state index contributed by atoms with van der Waals surface area (Å²) in [6, 6.07) is 12.6. The van der Waals surface area contributed by atoms with Gasteiger partial charge in [0.1, 0.15) is 0 Å². The third-order valence-corrected chi connectivity index (χ3v) is 7.82. The Bertz CT molecular complexity index is 1130. The van der Waals surface area contributed by atoms with E-state index in [0.717, 1.165) is 16.2 Å². The van der Waals surface area contributed by atoms with Crippen molar-refractivity contribution < 1.29 is 30.9 Å². The summed E-state index contributed by atoms with van der Waals surface area (Å²) >= 11 is 5.91. The van der Waals surface area contributed by atoms with Crippen LogP contribution in [0.1, 0.15) is 22.3 Å². The van der Waals surface area contributed by atoms with E-state index < -0.39 is 44.3 Å². The number of carbonyl (C=O) groups excluding carboxylic acids is 1. The van der Waals surface area contributed by atoms with Crippen LogP contribution in [0.15, 0.2) is 52.4 Å². The highest BCUT2D eigenvalue weighted by Gasteiger charge is 2.44. The summed E-state index contributed by atoms with van der Waals surface area (Å²) in [6.45, 7) is -1.26. The van der Waals surface area contributed by atoms with Crippen molar-refractivity contribution in [3.05, 3.63) is 58.6 Å². The predicted octanol–water partition coefficient (Wildman–Crippen LogP) is 4.32.